The highest BCUT2D eigenvalue weighted by Gasteiger charge is 2.34. The van der Waals surface area contributed by atoms with Crippen LogP contribution in [0.4, 0.5) is 5.69 Å². The topological polar surface area (TPSA) is 75.4 Å². The molecule has 0 unspecified atom stereocenters. The fraction of sp³-hybridized carbons (Fsp3) is 0.391. The molecule has 5 heteroatoms. The Bertz CT molecular complexity index is 865. The van der Waals surface area contributed by atoms with E-state index in [9.17, 15) is 9.59 Å². The standard InChI is InChI=1S/C23H27N3O2/c24-13-19-14-26(15-20(19)17-6-2-1-3-7-17)23(28)8-4-5-16-9-10-21-18(11-16)12-22(27)25-21/h1-3,6-7,9-11,19-20H,4-5,8,12-15,24H2,(H,25,27)/t19-,20+/m1/s1. The molecule has 2 aliphatic rings. The van der Waals surface area contributed by atoms with Crippen molar-refractivity contribution >= 4 is 17.5 Å². The van der Waals surface area contributed by atoms with Gasteiger partial charge in [0.05, 0.1) is 6.42 Å². The summed E-state index contributed by atoms with van der Waals surface area (Å²) < 4.78 is 0. The molecule has 0 saturated carbocycles. The number of carbonyl (C=O) groups excluding carboxylic acids is 2. The lowest BCUT2D eigenvalue weighted by Crippen LogP contribution is -2.29. The molecule has 2 aliphatic heterocycles. The van der Waals surface area contributed by atoms with Crippen molar-refractivity contribution in [1.29, 1.82) is 0 Å². The van der Waals surface area contributed by atoms with Crippen LogP contribution in [0.2, 0.25) is 0 Å². The summed E-state index contributed by atoms with van der Waals surface area (Å²) >= 11 is 0. The summed E-state index contributed by atoms with van der Waals surface area (Å²) in [6.07, 6.45) is 2.67. The van der Waals surface area contributed by atoms with Gasteiger partial charge in [-0.2, -0.15) is 0 Å². The van der Waals surface area contributed by atoms with Crippen LogP contribution in [-0.2, 0) is 22.4 Å². The van der Waals surface area contributed by atoms with Crippen LogP contribution in [-0.4, -0.2) is 36.3 Å². The van der Waals surface area contributed by atoms with Crippen LogP contribution < -0.4 is 11.1 Å². The molecule has 146 valence electrons. The van der Waals surface area contributed by atoms with Crippen molar-refractivity contribution < 1.29 is 9.59 Å². The SMILES string of the molecule is NC[C@@H]1CN(C(=O)CCCc2ccc3c(c2)CC(=O)N3)C[C@H]1c1ccccc1. The van der Waals surface area contributed by atoms with Crippen molar-refractivity contribution in [3.05, 3.63) is 65.2 Å². The van der Waals surface area contributed by atoms with Gasteiger partial charge in [-0.15, -0.1) is 0 Å². The number of amides is 2. The first-order chi connectivity index (χ1) is 13.6. The van der Waals surface area contributed by atoms with Gasteiger partial charge in [-0.3, -0.25) is 9.59 Å². The molecule has 1 fully saturated rings. The van der Waals surface area contributed by atoms with Gasteiger partial charge in [0.25, 0.3) is 0 Å². The van der Waals surface area contributed by atoms with Gasteiger partial charge < -0.3 is 16.0 Å². The molecule has 0 radical (unpaired) electrons. The second-order valence-electron chi connectivity index (χ2n) is 7.88. The summed E-state index contributed by atoms with van der Waals surface area (Å²) in [5.41, 5.74) is 10.4. The molecule has 2 aromatic rings. The van der Waals surface area contributed by atoms with Crippen LogP contribution in [0.1, 0.15) is 35.4 Å². The summed E-state index contributed by atoms with van der Waals surface area (Å²) in [6, 6.07) is 16.5. The quantitative estimate of drug-likeness (QED) is 0.813. The van der Waals surface area contributed by atoms with E-state index >= 15 is 0 Å². The van der Waals surface area contributed by atoms with Crippen molar-refractivity contribution in [2.45, 2.75) is 31.6 Å². The number of benzene rings is 2. The van der Waals surface area contributed by atoms with Crippen LogP contribution in [0.15, 0.2) is 48.5 Å². The second-order valence-corrected chi connectivity index (χ2v) is 7.88. The number of carbonyl (C=O) groups is 2. The first-order valence-corrected chi connectivity index (χ1v) is 10.1. The minimum atomic E-state index is 0.0544. The minimum Gasteiger partial charge on any atom is -0.342 e. The number of hydrogen-bond acceptors (Lipinski definition) is 3. The number of rotatable bonds is 6. The van der Waals surface area contributed by atoms with E-state index < -0.39 is 0 Å². The molecule has 5 nitrogen and oxygen atoms in total. The van der Waals surface area contributed by atoms with E-state index in [1.807, 2.05) is 35.2 Å². The Hall–Kier alpha value is -2.66. The Morgan fingerprint density at radius 2 is 1.96 bits per heavy atom. The van der Waals surface area contributed by atoms with Gasteiger partial charge in [0.15, 0.2) is 0 Å². The number of aryl methyl sites for hydroxylation is 1. The molecule has 2 heterocycles. The summed E-state index contributed by atoms with van der Waals surface area (Å²) in [5, 5.41) is 2.85. The predicted octanol–water partition coefficient (Wildman–Crippen LogP) is 2.70. The molecule has 2 atom stereocenters. The van der Waals surface area contributed by atoms with E-state index in [-0.39, 0.29) is 11.8 Å². The number of hydrogen-bond donors (Lipinski definition) is 2. The van der Waals surface area contributed by atoms with E-state index in [4.69, 9.17) is 5.73 Å². The Balaban J connectivity index is 1.31. The number of nitrogens with two attached hydrogens (primary N) is 1. The van der Waals surface area contributed by atoms with Crippen molar-refractivity contribution in [2.75, 3.05) is 25.0 Å². The first kappa shape index (κ1) is 18.7. The molecule has 4 rings (SSSR count). The lowest BCUT2D eigenvalue weighted by molar-refractivity contribution is -0.130. The Kier molecular flexibility index (Phi) is 5.44. The summed E-state index contributed by atoms with van der Waals surface area (Å²) in [5.74, 6) is 0.929. The number of likely N-dealkylation sites (tertiary alicyclic amines) is 1. The maximum absolute atomic E-state index is 12.7. The summed E-state index contributed by atoms with van der Waals surface area (Å²) in [4.78, 5) is 26.2. The van der Waals surface area contributed by atoms with Gasteiger partial charge in [-0.25, -0.2) is 0 Å². The van der Waals surface area contributed by atoms with Gasteiger partial charge in [0.1, 0.15) is 0 Å². The summed E-state index contributed by atoms with van der Waals surface area (Å²) in [6.45, 7) is 2.12. The predicted molar refractivity (Wildman–Crippen MR) is 110 cm³/mol. The van der Waals surface area contributed by atoms with Crippen molar-refractivity contribution in [3.63, 3.8) is 0 Å². The highest BCUT2D eigenvalue weighted by Crippen LogP contribution is 2.32. The molecular formula is C23H27N3O2. The van der Waals surface area contributed by atoms with Gasteiger partial charge in [-0.1, -0.05) is 42.5 Å². The number of anilines is 1. The van der Waals surface area contributed by atoms with E-state index in [1.165, 1.54) is 11.1 Å². The average Bonchev–Trinajstić information content (AvgIpc) is 3.31. The number of fused-ring (bicyclic) bond motifs is 1. The Morgan fingerprint density at radius 3 is 2.75 bits per heavy atom. The molecule has 3 N–H and O–H groups in total. The van der Waals surface area contributed by atoms with Crippen LogP contribution >= 0.6 is 0 Å². The summed E-state index contributed by atoms with van der Waals surface area (Å²) in [7, 11) is 0. The molecular weight excluding hydrogens is 350 g/mol. The zero-order chi connectivity index (χ0) is 19.5. The fourth-order valence-corrected chi connectivity index (χ4v) is 4.43. The molecule has 0 aromatic heterocycles. The van der Waals surface area contributed by atoms with Gasteiger partial charge in [-0.05, 0) is 48.1 Å². The van der Waals surface area contributed by atoms with Crippen molar-refractivity contribution in [3.8, 4) is 0 Å². The maximum atomic E-state index is 12.7. The van der Waals surface area contributed by atoms with E-state index in [0.29, 0.717) is 31.2 Å². The fourth-order valence-electron chi connectivity index (χ4n) is 4.43. The normalized spacial score (nSPS) is 20.9. The Morgan fingerprint density at radius 1 is 1.14 bits per heavy atom. The zero-order valence-corrected chi connectivity index (χ0v) is 16.1. The van der Waals surface area contributed by atoms with Crippen LogP contribution in [0.5, 0.6) is 0 Å². The van der Waals surface area contributed by atoms with Gasteiger partial charge in [0, 0.05) is 31.1 Å². The third kappa shape index (κ3) is 3.94. The van der Waals surface area contributed by atoms with E-state index in [0.717, 1.165) is 37.2 Å². The third-order valence-corrected chi connectivity index (χ3v) is 5.98. The third-order valence-electron chi connectivity index (χ3n) is 5.98. The second kappa shape index (κ2) is 8.15. The lowest BCUT2D eigenvalue weighted by atomic mass is 9.89. The van der Waals surface area contributed by atoms with Crippen molar-refractivity contribution in [2.24, 2.45) is 11.7 Å². The monoisotopic (exact) mass is 377 g/mol. The smallest absolute Gasteiger partial charge is 0.228 e. The minimum absolute atomic E-state index is 0.0544. The van der Waals surface area contributed by atoms with E-state index in [2.05, 4.69) is 23.5 Å². The Labute approximate surface area is 165 Å². The van der Waals surface area contributed by atoms with Crippen LogP contribution in [0, 0.1) is 5.92 Å². The highest BCUT2D eigenvalue weighted by molar-refractivity contribution is 5.99. The largest absolute Gasteiger partial charge is 0.342 e. The molecule has 28 heavy (non-hydrogen) atoms. The van der Waals surface area contributed by atoms with E-state index in [1.54, 1.807) is 0 Å². The van der Waals surface area contributed by atoms with Crippen molar-refractivity contribution in [1.82, 2.24) is 4.90 Å². The molecule has 0 spiro atoms. The number of nitrogens with one attached hydrogen (secondary N) is 1. The highest BCUT2D eigenvalue weighted by atomic mass is 16.2. The van der Waals surface area contributed by atoms with Gasteiger partial charge in [0.2, 0.25) is 11.8 Å². The molecule has 2 amide bonds. The first-order valence-electron chi connectivity index (χ1n) is 10.1. The maximum Gasteiger partial charge on any atom is 0.228 e. The van der Waals surface area contributed by atoms with Gasteiger partial charge >= 0.3 is 0 Å². The molecule has 2 aromatic carbocycles. The average molecular weight is 377 g/mol. The lowest BCUT2D eigenvalue weighted by Gasteiger charge is -2.17. The van der Waals surface area contributed by atoms with Crippen LogP contribution in [0.3, 0.4) is 0 Å². The zero-order valence-electron chi connectivity index (χ0n) is 16.1. The molecule has 1 saturated heterocycles. The molecule has 0 aliphatic carbocycles. The number of nitrogens with zero attached hydrogens (tertiary/aromatic N) is 1. The van der Waals surface area contributed by atoms with Crippen LogP contribution in [0.25, 0.3) is 0 Å². The molecule has 0 bridgehead atoms.